The van der Waals surface area contributed by atoms with E-state index in [4.69, 9.17) is 11.2 Å². The molecule has 1 aromatic carbocycles. The summed E-state index contributed by atoms with van der Waals surface area (Å²) in [6.07, 6.45) is 2.15. The van der Waals surface area contributed by atoms with Crippen LogP contribution in [0.25, 0.3) is 11.4 Å². The van der Waals surface area contributed by atoms with Crippen LogP contribution < -0.4 is 4.90 Å². The van der Waals surface area contributed by atoms with Crippen molar-refractivity contribution in [1.82, 2.24) is 9.97 Å². The number of rotatable bonds is 5. The largest absolute Gasteiger partial charge is 0.462 e. The van der Waals surface area contributed by atoms with Gasteiger partial charge in [-0.3, -0.25) is 0 Å². The highest BCUT2D eigenvalue weighted by molar-refractivity contribution is 5.94. The standard InChI is InChI=1S/C18H16F3N3O2/c1-4-10-24(3)16-14(17(25)26-5-2)11-22-15(23-16)12-6-8-13(9-7-12)18(19,20)21/h1,6-9,11H,5,10H2,2-3H3. The summed E-state index contributed by atoms with van der Waals surface area (Å²) in [5.41, 5.74) is -0.266. The molecule has 0 atom stereocenters. The number of hydrogen-bond donors (Lipinski definition) is 0. The molecule has 0 N–H and O–H groups in total. The molecule has 0 aliphatic carbocycles. The van der Waals surface area contributed by atoms with Gasteiger partial charge in [-0.05, 0) is 19.1 Å². The van der Waals surface area contributed by atoms with E-state index in [-0.39, 0.29) is 30.4 Å². The van der Waals surface area contributed by atoms with E-state index in [0.29, 0.717) is 5.56 Å². The molecule has 0 saturated carbocycles. The highest BCUT2D eigenvalue weighted by atomic mass is 19.4. The number of halogens is 3. The number of benzene rings is 1. The molecule has 0 bridgehead atoms. The lowest BCUT2D eigenvalue weighted by molar-refractivity contribution is -0.137. The molecule has 0 unspecified atom stereocenters. The summed E-state index contributed by atoms with van der Waals surface area (Å²) in [5, 5.41) is 0. The van der Waals surface area contributed by atoms with Crippen LogP contribution in [0.4, 0.5) is 19.0 Å². The summed E-state index contributed by atoms with van der Waals surface area (Å²) in [7, 11) is 1.64. The SMILES string of the molecule is C#CCN(C)c1nc(-c2ccc(C(F)(F)F)cc2)ncc1C(=O)OCC. The van der Waals surface area contributed by atoms with Gasteiger partial charge >= 0.3 is 12.1 Å². The summed E-state index contributed by atoms with van der Waals surface area (Å²) in [4.78, 5) is 22.0. The van der Waals surface area contributed by atoms with Gasteiger partial charge in [0, 0.05) is 18.8 Å². The van der Waals surface area contributed by atoms with Crippen molar-refractivity contribution in [2.75, 3.05) is 25.1 Å². The van der Waals surface area contributed by atoms with Crippen molar-refractivity contribution in [2.45, 2.75) is 13.1 Å². The fourth-order valence-corrected chi connectivity index (χ4v) is 2.18. The third kappa shape index (κ3) is 4.30. The van der Waals surface area contributed by atoms with E-state index in [9.17, 15) is 18.0 Å². The van der Waals surface area contributed by atoms with Gasteiger partial charge in [0.15, 0.2) is 5.82 Å². The first-order valence-corrected chi connectivity index (χ1v) is 7.64. The Hall–Kier alpha value is -3.08. The van der Waals surface area contributed by atoms with Crippen molar-refractivity contribution in [2.24, 2.45) is 0 Å². The normalized spacial score (nSPS) is 10.9. The van der Waals surface area contributed by atoms with Gasteiger partial charge in [-0.15, -0.1) is 6.42 Å². The highest BCUT2D eigenvalue weighted by Gasteiger charge is 2.30. The Bertz CT molecular complexity index is 827. The Morgan fingerprint density at radius 3 is 2.50 bits per heavy atom. The number of aromatic nitrogens is 2. The van der Waals surface area contributed by atoms with E-state index in [1.807, 2.05) is 0 Å². The molecule has 1 aromatic heterocycles. The smallest absolute Gasteiger partial charge is 0.416 e. The van der Waals surface area contributed by atoms with Gasteiger partial charge < -0.3 is 9.64 Å². The van der Waals surface area contributed by atoms with Gasteiger partial charge in [0.1, 0.15) is 11.4 Å². The number of anilines is 1. The maximum atomic E-state index is 12.7. The number of hydrogen-bond acceptors (Lipinski definition) is 5. The minimum absolute atomic E-state index is 0.125. The molecule has 2 rings (SSSR count). The molecule has 26 heavy (non-hydrogen) atoms. The van der Waals surface area contributed by atoms with E-state index in [2.05, 4.69) is 15.9 Å². The minimum atomic E-state index is -4.43. The monoisotopic (exact) mass is 363 g/mol. The Morgan fingerprint density at radius 2 is 1.96 bits per heavy atom. The molecule has 1 heterocycles. The Morgan fingerprint density at radius 1 is 1.31 bits per heavy atom. The molecule has 8 heteroatoms. The van der Waals surface area contributed by atoms with Gasteiger partial charge in [0.25, 0.3) is 0 Å². The van der Waals surface area contributed by atoms with E-state index in [0.717, 1.165) is 12.1 Å². The summed E-state index contributed by atoms with van der Waals surface area (Å²) < 4.78 is 43.0. The zero-order valence-corrected chi connectivity index (χ0v) is 14.2. The Kier molecular flexibility index (Phi) is 5.82. The molecular formula is C18H16F3N3O2. The minimum Gasteiger partial charge on any atom is -0.462 e. The first kappa shape index (κ1) is 19.2. The molecule has 0 spiro atoms. The van der Waals surface area contributed by atoms with Crippen LogP contribution >= 0.6 is 0 Å². The molecule has 5 nitrogen and oxygen atoms in total. The molecular weight excluding hydrogens is 347 g/mol. The zero-order valence-electron chi connectivity index (χ0n) is 14.2. The second-order valence-electron chi connectivity index (χ2n) is 5.29. The van der Waals surface area contributed by atoms with E-state index in [1.165, 1.54) is 18.3 Å². The summed E-state index contributed by atoms with van der Waals surface area (Å²) in [5.74, 6) is 2.24. The van der Waals surface area contributed by atoms with Crippen molar-refractivity contribution in [3.63, 3.8) is 0 Å². The van der Waals surface area contributed by atoms with Crippen LogP contribution in [0.1, 0.15) is 22.8 Å². The second kappa shape index (κ2) is 7.87. The van der Waals surface area contributed by atoms with Gasteiger partial charge in [-0.1, -0.05) is 18.1 Å². The second-order valence-corrected chi connectivity index (χ2v) is 5.29. The molecule has 0 amide bonds. The van der Waals surface area contributed by atoms with E-state index >= 15 is 0 Å². The molecule has 136 valence electrons. The van der Waals surface area contributed by atoms with Gasteiger partial charge in [0.2, 0.25) is 0 Å². The summed E-state index contributed by atoms with van der Waals surface area (Å²) >= 11 is 0. The Balaban J connectivity index is 2.46. The number of terminal acetylenes is 1. The quantitative estimate of drug-likeness (QED) is 0.602. The molecule has 0 aliphatic heterocycles. The van der Waals surface area contributed by atoms with Crippen LogP contribution in [0, 0.1) is 12.3 Å². The van der Waals surface area contributed by atoms with Gasteiger partial charge in [-0.2, -0.15) is 13.2 Å². The molecule has 2 aromatic rings. The van der Waals surface area contributed by atoms with E-state index in [1.54, 1.807) is 18.9 Å². The van der Waals surface area contributed by atoms with Crippen LogP contribution in [0.5, 0.6) is 0 Å². The molecule has 0 aliphatic rings. The maximum absolute atomic E-state index is 12.7. The first-order valence-electron chi connectivity index (χ1n) is 7.64. The Labute approximate surface area is 148 Å². The lowest BCUT2D eigenvalue weighted by Gasteiger charge is -2.18. The number of nitrogens with zero attached hydrogens (tertiary/aromatic N) is 3. The molecule has 0 radical (unpaired) electrons. The number of carbonyl (C=O) groups excluding carboxylic acids is 1. The van der Waals surface area contributed by atoms with Crippen molar-refractivity contribution < 1.29 is 22.7 Å². The molecule has 0 fully saturated rings. The third-order valence-electron chi connectivity index (χ3n) is 3.42. The van der Waals surface area contributed by atoms with Crippen molar-refractivity contribution in [3.05, 3.63) is 41.6 Å². The lowest BCUT2D eigenvalue weighted by atomic mass is 10.1. The number of esters is 1. The van der Waals surface area contributed by atoms with Gasteiger partial charge in [-0.25, -0.2) is 14.8 Å². The van der Waals surface area contributed by atoms with Crippen LogP contribution in [0.15, 0.2) is 30.5 Å². The first-order chi connectivity index (χ1) is 12.3. The average molecular weight is 363 g/mol. The maximum Gasteiger partial charge on any atom is 0.416 e. The number of carbonyl (C=O) groups is 1. The van der Waals surface area contributed by atoms with Gasteiger partial charge in [0.05, 0.1) is 18.7 Å². The topological polar surface area (TPSA) is 55.3 Å². The van der Waals surface area contributed by atoms with Crippen molar-refractivity contribution in [1.29, 1.82) is 0 Å². The lowest BCUT2D eigenvalue weighted by Crippen LogP contribution is -2.23. The van der Waals surface area contributed by atoms with Crippen molar-refractivity contribution >= 4 is 11.8 Å². The highest BCUT2D eigenvalue weighted by Crippen LogP contribution is 2.30. The average Bonchev–Trinajstić information content (AvgIpc) is 2.61. The summed E-state index contributed by atoms with van der Waals surface area (Å²) in [6, 6.07) is 4.44. The number of ether oxygens (including phenoxy) is 1. The van der Waals surface area contributed by atoms with Crippen molar-refractivity contribution in [3.8, 4) is 23.7 Å². The predicted octanol–water partition coefficient (Wildman–Crippen LogP) is 3.41. The zero-order chi connectivity index (χ0) is 19.3. The van der Waals surface area contributed by atoms with Crippen LogP contribution in [-0.4, -0.2) is 36.1 Å². The predicted molar refractivity (Wildman–Crippen MR) is 90.5 cm³/mol. The van der Waals surface area contributed by atoms with Crippen LogP contribution in [0.2, 0.25) is 0 Å². The molecule has 0 saturated heterocycles. The van der Waals surface area contributed by atoms with Crippen LogP contribution in [0.3, 0.4) is 0 Å². The fraction of sp³-hybridized carbons (Fsp3) is 0.278. The van der Waals surface area contributed by atoms with Crippen LogP contribution in [-0.2, 0) is 10.9 Å². The fourth-order valence-electron chi connectivity index (χ4n) is 2.18. The summed E-state index contributed by atoms with van der Waals surface area (Å²) in [6.45, 7) is 2.02. The van der Waals surface area contributed by atoms with E-state index < -0.39 is 17.7 Å². The number of alkyl halides is 3. The third-order valence-corrected chi connectivity index (χ3v) is 3.42.